The molecule has 0 bridgehead atoms. The van der Waals surface area contributed by atoms with Gasteiger partial charge in [-0.25, -0.2) is 0 Å². The van der Waals surface area contributed by atoms with Crippen molar-refractivity contribution in [1.29, 1.82) is 0 Å². The van der Waals surface area contributed by atoms with Gasteiger partial charge in [0.15, 0.2) is 0 Å². The van der Waals surface area contributed by atoms with Crippen LogP contribution in [0.3, 0.4) is 0 Å². The second-order valence-electron chi connectivity index (χ2n) is 3.59. The van der Waals surface area contributed by atoms with Crippen LogP contribution in [-0.4, -0.2) is 24.7 Å². The Hall–Kier alpha value is -1.29. The molecule has 0 aliphatic heterocycles. The summed E-state index contributed by atoms with van der Waals surface area (Å²) >= 11 is 0. The number of aromatic nitrogens is 1. The van der Waals surface area contributed by atoms with Crippen molar-refractivity contribution in [1.82, 2.24) is 4.98 Å². The minimum absolute atomic E-state index is 0.323. The highest BCUT2D eigenvalue weighted by atomic mass is 16.5. The maximum absolute atomic E-state index is 5.65. The second-order valence-corrected chi connectivity index (χ2v) is 3.59. The van der Waals surface area contributed by atoms with Crippen LogP contribution < -0.4 is 11.1 Å². The number of nitrogens with zero attached hydrogens (tertiary/aromatic N) is 1. The summed E-state index contributed by atoms with van der Waals surface area (Å²) in [5.41, 5.74) is 7.27. The van der Waals surface area contributed by atoms with Gasteiger partial charge in [-0.15, -0.1) is 0 Å². The van der Waals surface area contributed by atoms with E-state index in [1.54, 1.807) is 19.5 Å². The fraction of sp³-hybridized carbons (Fsp3) is 0.545. The zero-order valence-electron chi connectivity index (χ0n) is 9.36. The molecule has 1 rings (SSSR count). The summed E-state index contributed by atoms with van der Waals surface area (Å²) in [6.45, 7) is 2.85. The minimum atomic E-state index is 0.323. The first-order valence-electron chi connectivity index (χ1n) is 5.22. The van der Waals surface area contributed by atoms with Crippen LogP contribution in [0.15, 0.2) is 18.5 Å². The molecular weight excluding hydrogens is 190 g/mol. The van der Waals surface area contributed by atoms with Gasteiger partial charge >= 0.3 is 0 Å². The molecule has 0 saturated heterocycles. The van der Waals surface area contributed by atoms with Gasteiger partial charge in [-0.1, -0.05) is 13.3 Å². The predicted octanol–water partition coefficient (Wildman–Crippen LogP) is 1.89. The highest BCUT2D eigenvalue weighted by molar-refractivity contribution is 5.51. The standard InChI is InChI=1S/C11H19N3O/c1-3-4-10(8-15-2)14-11-5-9(12)6-13-7-11/h5-7,10,14H,3-4,8,12H2,1-2H3. The number of nitrogens with two attached hydrogens (primary N) is 1. The summed E-state index contributed by atoms with van der Waals surface area (Å²) in [5, 5.41) is 3.35. The van der Waals surface area contributed by atoms with Gasteiger partial charge in [0.25, 0.3) is 0 Å². The van der Waals surface area contributed by atoms with E-state index >= 15 is 0 Å². The first kappa shape index (κ1) is 11.8. The molecule has 1 aromatic rings. The van der Waals surface area contributed by atoms with Crippen molar-refractivity contribution in [3.8, 4) is 0 Å². The molecule has 1 unspecified atom stereocenters. The lowest BCUT2D eigenvalue weighted by Crippen LogP contribution is -2.24. The Morgan fingerprint density at radius 2 is 2.33 bits per heavy atom. The van der Waals surface area contributed by atoms with E-state index in [0.717, 1.165) is 18.5 Å². The molecular formula is C11H19N3O. The molecule has 0 aliphatic rings. The normalized spacial score (nSPS) is 12.4. The highest BCUT2D eigenvalue weighted by Crippen LogP contribution is 2.12. The number of nitrogens with one attached hydrogen (secondary N) is 1. The van der Waals surface area contributed by atoms with Crippen LogP contribution in [0.2, 0.25) is 0 Å². The quantitative estimate of drug-likeness (QED) is 0.751. The largest absolute Gasteiger partial charge is 0.397 e. The molecule has 0 amide bonds. The van der Waals surface area contributed by atoms with Crippen molar-refractivity contribution in [2.45, 2.75) is 25.8 Å². The van der Waals surface area contributed by atoms with E-state index in [1.807, 2.05) is 6.07 Å². The first-order valence-corrected chi connectivity index (χ1v) is 5.22. The fourth-order valence-electron chi connectivity index (χ4n) is 1.52. The van der Waals surface area contributed by atoms with E-state index in [-0.39, 0.29) is 0 Å². The van der Waals surface area contributed by atoms with Crippen LogP contribution in [0.4, 0.5) is 11.4 Å². The summed E-state index contributed by atoms with van der Waals surface area (Å²) < 4.78 is 5.14. The molecule has 3 N–H and O–H groups in total. The topological polar surface area (TPSA) is 60.2 Å². The van der Waals surface area contributed by atoms with Crippen LogP contribution in [0, 0.1) is 0 Å². The Labute approximate surface area is 90.8 Å². The lowest BCUT2D eigenvalue weighted by molar-refractivity contribution is 0.182. The molecule has 0 aromatic carbocycles. The molecule has 4 heteroatoms. The van der Waals surface area contributed by atoms with E-state index in [1.165, 1.54) is 0 Å². The van der Waals surface area contributed by atoms with Crippen molar-refractivity contribution in [2.24, 2.45) is 0 Å². The van der Waals surface area contributed by atoms with Gasteiger partial charge in [0.2, 0.25) is 0 Å². The van der Waals surface area contributed by atoms with Crippen molar-refractivity contribution in [2.75, 3.05) is 24.8 Å². The first-order chi connectivity index (χ1) is 7.26. The summed E-state index contributed by atoms with van der Waals surface area (Å²) in [5.74, 6) is 0. The zero-order chi connectivity index (χ0) is 11.1. The Bertz CT molecular complexity index is 285. The molecule has 0 spiro atoms. The Morgan fingerprint density at radius 1 is 1.53 bits per heavy atom. The molecule has 1 heterocycles. The second kappa shape index (κ2) is 6.24. The Balaban J connectivity index is 2.56. The molecule has 0 radical (unpaired) electrons. The van der Waals surface area contributed by atoms with E-state index in [4.69, 9.17) is 10.5 Å². The number of pyridine rings is 1. The maximum Gasteiger partial charge on any atom is 0.0664 e. The number of nitrogen functional groups attached to an aromatic ring is 1. The fourth-order valence-corrected chi connectivity index (χ4v) is 1.52. The van der Waals surface area contributed by atoms with Gasteiger partial charge in [-0.05, 0) is 12.5 Å². The number of rotatable bonds is 6. The van der Waals surface area contributed by atoms with E-state index in [2.05, 4.69) is 17.2 Å². The highest BCUT2D eigenvalue weighted by Gasteiger charge is 2.06. The SMILES string of the molecule is CCCC(COC)Nc1cncc(N)c1. The van der Waals surface area contributed by atoms with Crippen LogP contribution in [0.1, 0.15) is 19.8 Å². The number of hydrogen-bond acceptors (Lipinski definition) is 4. The summed E-state index contributed by atoms with van der Waals surface area (Å²) in [6.07, 6.45) is 5.60. The van der Waals surface area contributed by atoms with Gasteiger partial charge < -0.3 is 15.8 Å². The molecule has 1 atom stereocenters. The van der Waals surface area contributed by atoms with E-state index < -0.39 is 0 Å². The number of hydrogen-bond donors (Lipinski definition) is 2. The third-order valence-corrected chi connectivity index (χ3v) is 2.14. The van der Waals surface area contributed by atoms with Gasteiger partial charge in [0.1, 0.15) is 0 Å². The van der Waals surface area contributed by atoms with Crippen LogP contribution in [0.25, 0.3) is 0 Å². The van der Waals surface area contributed by atoms with Crippen LogP contribution in [0.5, 0.6) is 0 Å². The lowest BCUT2D eigenvalue weighted by Gasteiger charge is -2.18. The summed E-state index contributed by atoms with van der Waals surface area (Å²) in [4.78, 5) is 4.03. The molecule has 0 fully saturated rings. The molecule has 15 heavy (non-hydrogen) atoms. The van der Waals surface area contributed by atoms with Crippen molar-refractivity contribution >= 4 is 11.4 Å². The Morgan fingerprint density at radius 3 is 2.93 bits per heavy atom. The van der Waals surface area contributed by atoms with E-state index in [0.29, 0.717) is 18.3 Å². The lowest BCUT2D eigenvalue weighted by atomic mass is 10.2. The molecule has 0 aliphatic carbocycles. The van der Waals surface area contributed by atoms with E-state index in [9.17, 15) is 0 Å². The van der Waals surface area contributed by atoms with Gasteiger partial charge in [-0.2, -0.15) is 0 Å². The molecule has 0 saturated carbocycles. The molecule has 84 valence electrons. The summed E-state index contributed by atoms with van der Waals surface area (Å²) in [7, 11) is 1.71. The molecule has 1 aromatic heterocycles. The minimum Gasteiger partial charge on any atom is -0.397 e. The smallest absolute Gasteiger partial charge is 0.0664 e. The molecule has 4 nitrogen and oxygen atoms in total. The summed E-state index contributed by atoms with van der Waals surface area (Å²) in [6, 6.07) is 2.20. The zero-order valence-corrected chi connectivity index (χ0v) is 9.36. The third-order valence-electron chi connectivity index (χ3n) is 2.14. The van der Waals surface area contributed by atoms with Gasteiger partial charge in [0.05, 0.1) is 24.2 Å². The number of ether oxygens (including phenoxy) is 1. The monoisotopic (exact) mass is 209 g/mol. The van der Waals surface area contributed by atoms with Crippen molar-refractivity contribution in [3.63, 3.8) is 0 Å². The average molecular weight is 209 g/mol. The predicted molar refractivity (Wildman–Crippen MR) is 62.8 cm³/mol. The Kier molecular flexibility index (Phi) is 4.90. The van der Waals surface area contributed by atoms with Crippen molar-refractivity contribution in [3.05, 3.63) is 18.5 Å². The van der Waals surface area contributed by atoms with Crippen LogP contribution >= 0.6 is 0 Å². The number of anilines is 2. The van der Waals surface area contributed by atoms with Gasteiger partial charge in [0, 0.05) is 19.3 Å². The number of methoxy groups -OCH3 is 1. The third kappa shape index (κ3) is 4.16. The van der Waals surface area contributed by atoms with Crippen LogP contribution in [-0.2, 0) is 4.74 Å². The van der Waals surface area contributed by atoms with Gasteiger partial charge in [-0.3, -0.25) is 4.98 Å². The maximum atomic E-state index is 5.65. The average Bonchev–Trinajstić information content (AvgIpc) is 2.18. The van der Waals surface area contributed by atoms with Crippen molar-refractivity contribution < 1.29 is 4.74 Å².